The first-order valence-corrected chi connectivity index (χ1v) is 15.7. The molecule has 0 fully saturated rings. The predicted octanol–water partition coefficient (Wildman–Crippen LogP) is 10.6. The van der Waals surface area contributed by atoms with Crippen LogP contribution in [0.25, 0.3) is 81.3 Å². The zero-order chi connectivity index (χ0) is 28.5. The highest BCUT2D eigenvalue weighted by molar-refractivity contribution is 9.10. The van der Waals surface area contributed by atoms with Gasteiger partial charge in [-0.15, -0.1) is 11.3 Å². The smallest absolute Gasteiger partial charge is 0.162 e. The SMILES string of the molecule is Brc1ccc(-c2nc(-c3cccc4c3c3ccccc3n4-c3ccccc3)c3sc4ccccc4c3n2)c2ncccc12. The molecule has 0 unspecified atom stereocenters. The highest BCUT2D eigenvalue weighted by Gasteiger charge is 2.22. The van der Waals surface area contributed by atoms with Crippen molar-refractivity contribution in [3.05, 3.63) is 132 Å². The summed E-state index contributed by atoms with van der Waals surface area (Å²) in [4.78, 5) is 15.4. The molecule has 0 aliphatic carbocycles. The molecule has 0 bridgehead atoms. The van der Waals surface area contributed by atoms with Gasteiger partial charge in [-0.05, 0) is 48.5 Å². The topological polar surface area (TPSA) is 43.6 Å². The number of para-hydroxylation sites is 2. The van der Waals surface area contributed by atoms with Crippen molar-refractivity contribution in [2.75, 3.05) is 0 Å². The number of thiophene rings is 1. The molecule has 0 amide bonds. The fourth-order valence-electron chi connectivity index (χ4n) is 6.28. The lowest BCUT2D eigenvalue weighted by atomic mass is 10.0. The van der Waals surface area contributed by atoms with Gasteiger partial charge >= 0.3 is 0 Å². The number of aromatic nitrogens is 4. The first-order valence-electron chi connectivity index (χ1n) is 14.1. The quantitative estimate of drug-likeness (QED) is 0.194. The van der Waals surface area contributed by atoms with Crippen molar-refractivity contribution in [2.24, 2.45) is 0 Å². The van der Waals surface area contributed by atoms with Crippen LogP contribution in [0.5, 0.6) is 0 Å². The van der Waals surface area contributed by atoms with Gasteiger partial charge < -0.3 is 4.57 Å². The molecule has 0 saturated carbocycles. The van der Waals surface area contributed by atoms with Crippen LogP contribution >= 0.6 is 27.3 Å². The molecule has 0 atom stereocenters. The number of benzene rings is 5. The van der Waals surface area contributed by atoms with Crippen LogP contribution in [0.4, 0.5) is 0 Å². The van der Waals surface area contributed by atoms with Crippen molar-refractivity contribution in [3.8, 4) is 28.3 Å². The third-order valence-corrected chi connectivity index (χ3v) is 10.0. The van der Waals surface area contributed by atoms with Gasteiger partial charge in [-0.25, -0.2) is 9.97 Å². The van der Waals surface area contributed by atoms with Crippen molar-refractivity contribution in [3.63, 3.8) is 0 Å². The van der Waals surface area contributed by atoms with Gasteiger partial charge in [0.2, 0.25) is 0 Å². The average Bonchev–Trinajstić information content (AvgIpc) is 3.61. The second kappa shape index (κ2) is 9.56. The maximum atomic E-state index is 5.39. The molecule has 4 heterocycles. The van der Waals surface area contributed by atoms with Gasteiger partial charge in [0, 0.05) is 53.7 Å². The molecule has 0 radical (unpaired) electrons. The number of pyridine rings is 1. The highest BCUT2D eigenvalue weighted by atomic mass is 79.9. The molecule has 0 N–H and O–H groups in total. The monoisotopic (exact) mass is 632 g/mol. The molecule has 4 nitrogen and oxygen atoms in total. The summed E-state index contributed by atoms with van der Waals surface area (Å²) in [7, 11) is 0. The average molecular weight is 634 g/mol. The molecule has 5 aromatic carbocycles. The van der Waals surface area contributed by atoms with Crippen LogP contribution in [0.1, 0.15) is 0 Å². The molecule has 202 valence electrons. The lowest BCUT2D eigenvalue weighted by Gasteiger charge is -2.11. The zero-order valence-electron chi connectivity index (χ0n) is 22.7. The summed E-state index contributed by atoms with van der Waals surface area (Å²) in [5.41, 5.74) is 8.24. The minimum Gasteiger partial charge on any atom is -0.309 e. The molecule has 0 spiro atoms. The summed E-state index contributed by atoms with van der Waals surface area (Å²) in [5.74, 6) is 0.672. The number of halogens is 1. The van der Waals surface area contributed by atoms with E-state index in [2.05, 4.69) is 136 Å². The standard InChI is InChI=1S/C37H21BrN4S/c38-28-20-19-27(33-23(28)15-9-21-39-33)37-40-34-25-13-5-7-18-31(25)43-36(34)35(41-37)26-14-8-17-30-32(26)24-12-4-6-16-29(24)42(30)22-10-2-1-3-11-22/h1-21H. The summed E-state index contributed by atoms with van der Waals surface area (Å²) < 4.78 is 5.64. The van der Waals surface area contributed by atoms with Crippen molar-refractivity contribution in [2.45, 2.75) is 0 Å². The third-order valence-electron chi connectivity index (χ3n) is 8.14. The van der Waals surface area contributed by atoms with Gasteiger partial charge in [-0.3, -0.25) is 4.98 Å². The molecule has 4 aromatic heterocycles. The van der Waals surface area contributed by atoms with E-state index in [0.717, 1.165) is 59.0 Å². The van der Waals surface area contributed by atoms with E-state index < -0.39 is 0 Å². The molecular formula is C37H21BrN4S. The van der Waals surface area contributed by atoms with Crippen LogP contribution in [0, 0.1) is 0 Å². The molecule has 0 aliphatic heterocycles. The Balaban J connectivity index is 1.43. The largest absolute Gasteiger partial charge is 0.309 e. The van der Waals surface area contributed by atoms with E-state index in [1.807, 2.05) is 12.3 Å². The van der Waals surface area contributed by atoms with Gasteiger partial charge in [0.15, 0.2) is 5.82 Å². The third kappa shape index (κ3) is 3.70. The van der Waals surface area contributed by atoms with Gasteiger partial charge in [0.05, 0.1) is 32.5 Å². The fourth-order valence-corrected chi connectivity index (χ4v) is 7.88. The van der Waals surface area contributed by atoms with Gasteiger partial charge in [-0.1, -0.05) is 88.7 Å². The summed E-state index contributed by atoms with van der Waals surface area (Å²) in [6.45, 7) is 0. The van der Waals surface area contributed by atoms with E-state index in [1.54, 1.807) is 11.3 Å². The lowest BCUT2D eigenvalue weighted by molar-refractivity contribution is 1.18. The Morgan fingerprint density at radius 1 is 0.581 bits per heavy atom. The van der Waals surface area contributed by atoms with Gasteiger partial charge in [0.1, 0.15) is 0 Å². The summed E-state index contributed by atoms with van der Waals surface area (Å²) in [6.07, 6.45) is 1.83. The number of fused-ring (bicyclic) bond motifs is 7. The van der Waals surface area contributed by atoms with Crippen LogP contribution in [0.2, 0.25) is 0 Å². The Morgan fingerprint density at radius 2 is 1.35 bits per heavy atom. The Morgan fingerprint density at radius 3 is 2.26 bits per heavy atom. The summed E-state index contributed by atoms with van der Waals surface area (Å²) >= 11 is 5.47. The number of rotatable bonds is 3. The maximum absolute atomic E-state index is 5.39. The molecule has 9 rings (SSSR count). The van der Waals surface area contributed by atoms with E-state index in [1.165, 1.54) is 21.0 Å². The van der Waals surface area contributed by atoms with Crippen LogP contribution in [0.15, 0.2) is 132 Å². The molecule has 9 aromatic rings. The Labute approximate surface area is 259 Å². The zero-order valence-corrected chi connectivity index (χ0v) is 25.1. The first-order chi connectivity index (χ1) is 21.3. The minimum atomic E-state index is 0.672. The Hall–Kier alpha value is -4.91. The highest BCUT2D eigenvalue weighted by Crippen LogP contribution is 2.44. The summed E-state index contributed by atoms with van der Waals surface area (Å²) in [5, 5.41) is 4.56. The molecule has 6 heteroatoms. The maximum Gasteiger partial charge on any atom is 0.162 e. The normalized spacial score (nSPS) is 11.8. The lowest BCUT2D eigenvalue weighted by Crippen LogP contribution is -1.96. The van der Waals surface area contributed by atoms with Gasteiger partial charge in [0.25, 0.3) is 0 Å². The fraction of sp³-hybridized carbons (Fsp3) is 0. The van der Waals surface area contributed by atoms with E-state index >= 15 is 0 Å². The Bertz CT molecular complexity index is 2530. The van der Waals surface area contributed by atoms with E-state index in [-0.39, 0.29) is 0 Å². The van der Waals surface area contributed by atoms with Crippen molar-refractivity contribution >= 4 is 80.3 Å². The summed E-state index contributed by atoms with van der Waals surface area (Å²) in [6, 6.07) is 42.5. The predicted molar refractivity (Wildman–Crippen MR) is 183 cm³/mol. The van der Waals surface area contributed by atoms with E-state index in [4.69, 9.17) is 15.0 Å². The number of nitrogens with zero attached hydrogens (tertiary/aromatic N) is 4. The molecular weight excluding hydrogens is 612 g/mol. The van der Waals surface area contributed by atoms with Crippen LogP contribution in [-0.4, -0.2) is 19.5 Å². The van der Waals surface area contributed by atoms with Crippen LogP contribution < -0.4 is 0 Å². The Kier molecular flexibility index (Phi) is 5.48. The van der Waals surface area contributed by atoms with Crippen molar-refractivity contribution in [1.82, 2.24) is 19.5 Å². The van der Waals surface area contributed by atoms with E-state index in [9.17, 15) is 0 Å². The molecule has 0 aliphatic rings. The van der Waals surface area contributed by atoms with Crippen molar-refractivity contribution < 1.29 is 0 Å². The second-order valence-corrected chi connectivity index (χ2v) is 12.5. The first kappa shape index (κ1) is 24.7. The van der Waals surface area contributed by atoms with Crippen LogP contribution in [-0.2, 0) is 0 Å². The second-order valence-electron chi connectivity index (χ2n) is 10.6. The van der Waals surface area contributed by atoms with Gasteiger partial charge in [-0.2, -0.15) is 0 Å². The minimum absolute atomic E-state index is 0.672. The van der Waals surface area contributed by atoms with Crippen molar-refractivity contribution in [1.29, 1.82) is 0 Å². The molecule has 0 saturated heterocycles. The number of hydrogen-bond acceptors (Lipinski definition) is 4. The number of hydrogen-bond donors (Lipinski definition) is 0. The van der Waals surface area contributed by atoms with E-state index in [0.29, 0.717) is 5.82 Å². The molecule has 43 heavy (non-hydrogen) atoms. The van der Waals surface area contributed by atoms with Crippen LogP contribution in [0.3, 0.4) is 0 Å².